The molecule has 0 bridgehead atoms. The van der Waals surface area contributed by atoms with E-state index in [0.717, 1.165) is 5.56 Å². The Hall–Kier alpha value is -2.56. The summed E-state index contributed by atoms with van der Waals surface area (Å²) in [4.78, 5) is 13.1. The summed E-state index contributed by atoms with van der Waals surface area (Å²) in [6.07, 6.45) is -4.83. The second kappa shape index (κ2) is 7.46. The van der Waals surface area contributed by atoms with E-state index in [9.17, 15) is 23.2 Å². The van der Waals surface area contributed by atoms with E-state index in [4.69, 9.17) is 11.6 Å². The summed E-state index contributed by atoms with van der Waals surface area (Å²) < 4.78 is 42.1. The molecule has 3 rings (SSSR count). The van der Waals surface area contributed by atoms with Gasteiger partial charge in [-0.25, -0.2) is 0 Å². The third kappa shape index (κ3) is 3.71. The van der Waals surface area contributed by atoms with Crippen molar-refractivity contribution in [3.05, 3.63) is 80.4 Å². The van der Waals surface area contributed by atoms with Gasteiger partial charge in [-0.2, -0.15) is 18.4 Å². The lowest BCUT2D eigenvalue weighted by Gasteiger charge is -2.15. The Morgan fingerprint density at radius 1 is 1.14 bits per heavy atom. The average molecular weight is 468 g/mol. The quantitative estimate of drug-likeness (QED) is 0.434. The van der Waals surface area contributed by atoms with Crippen LogP contribution in [0.5, 0.6) is 0 Å². The van der Waals surface area contributed by atoms with Gasteiger partial charge in [0, 0.05) is 20.6 Å². The van der Waals surface area contributed by atoms with E-state index < -0.39 is 17.8 Å². The summed E-state index contributed by atoms with van der Waals surface area (Å²) in [6.45, 7) is 1.79. The number of benzene rings is 2. The standard InChI is InChI=1S/C20H11BrClF3N2O/c1-11-2-3-13(8-16(11)21)19(28)27-17(20(23,24)25)9-14(10-26)18(27)12-4-6-15(22)7-5-12/h2-9H,1H3. The first-order chi connectivity index (χ1) is 13.1. The number of nitriles is 1. The zero-order chi connectivity index (χ0) is 20.6. The SMILES string of the molecule is Cc1ccc(C(=O)n2c(C(F)(F)F)cc(C#N)c2-c2ccc(Cl)cc2)cc1Br. The Kier molecular flexibility index (Phi) is 5.37. The van der Waals surface area contributed by atoms with Gasteiger partial charge in [-0.3, -0.25) is 9.36 Å². The van der Waals surface area contributed by atoms with Crippen molar-refractivity contribution in [2.45, 2.75) is 13.1 Å². The van der Waals surface area contributed by atoms with Gasteiger partial charge in [0.15, 0.2) is 0 Å². The van der Waals surface area contributed by atoms with Gasteiger partial charge < -0.3 is 0 Å². The second-order valence-electron chi connectivity index (χ2n) is 6.01. The lowest BCUT2D eigenvalue weighted by atomic mass is 10.1. The molecule has 0 fully saturated rings. The van der Waals surface area contributed by atoms with Gasteiger partial charge in [-0.15, -0.1) is 0 Å². The molecule has 0 aliphatic carbocycles. The van der Waals surface area contributed by atoms with Crippen molar-refractivity contribution in [3.63, 3.8) is 0 Å². The Labute approximate surface area is 172 Å². The topological polar surface area (TPSA) is 45.8 Å². The summed E-state index contributed by atoms with van der Waals surface area (Å²) in [5.74, 6) is -0.889. The third-order valence-electron chi connectivity index (χ3n) is 4.15. The highest BCUT2D eigenvalue weighted by molar-refractivity contribution is 9.10. The number of carbonyl (C=O) groups excluding carboxylic acids is 1. The molecule has 0 radical (unpaired) electrons. The van der Waals surface area contributed by atoms with Gasteiger partial charge in [0.2, 0.25) is 0 Å². The summed E-state index contributed by atoms with van der Waals surface area (Å²) >= 11 is 9.14. The van der Waals surface area contributed by atoms with Crippen LogP contribution in [0.3, 0.4) is 0 Å². The molecule has 0 N–H and O–H groups in total. The molecule has 2 aromatic carbocycles. The van der Waals surface area contributed by atoms with Crippen LogP contribution in [0, 0.1) is 18.3 Å². The number of aromatic nitrogens is 1. The van der Waals surface area contributed by atoms with Crippen LogP contribution in [0.1, 0.15) is 27.2 Å². The van der Waals surface area contributed by atoms with E-state index in [2.05, 4.69) is 15.9 Å². The first kappa shape index (κ1) is 20.2. The Morgan fingerprint density at radius 3 is 2.32 bits per heavy atom. The minimum absolute atomic E-state index is 0.0540. The van der Waals surface area contributed by atoms with Crippen molar-refractivity contribution in [1.29, 1.82) is 5.26 Å². The summed E-state index contributed by atoms with van der Waals surface area (Å²) in [5.41, 5.74) is -0.442. The minimum atomic E-state index is -4.83. The second-order valence-corrected chi connectivity index (χ2v) is 7.30. The van der Waals surface area contributed by atoms with E-state index in [1.807, 2.05) is 0 Å². The fourth-order valence-corrected chi connectivity index (χ4v) is 3.27. The van der Waals surface area contributed by atoms with Crippen LogP contribution >= 0.6 is 27.5 Å². The molecule has 0 atom stereocenters. The Bertz CT molecular complexity index is 1110. The Morgan fingerprint density at radius 2 is 1.79 bits per heavy atom. The third-order valence-corrected chi connectivity index (χ3v) is 5.26. The van der Waals surface area contributed by atoms with Crippen LogP contribution in [-0.4, -0.2) is 10.5 Å². The molecule has 1 aromatic heterocycles. The first-order valence-electron chi connectivity index (χ1n) is 7.93. The molecule has 3 nitrogen and oxygen atoms in total. The highest BCUT2D eigenvalue weighted by Crippen LogP contribution is 2.37. The molecule has 0 saturated carbocycles. The molecule has 142 valence electrons. The molecule has 0 saturated heterocycles. The fraction of sp³-hybridized carbons (Fsp3) is 0.100. The maximum absolute atomic E-state index is 13.7. The van der Waals surface area contributed by atoms with E-state index in [1.54, 1.807) is 19.1 Å². The number of halogens is 5. The van der Waals surface area contributed by atoms with E-state index in [-0.39, 0.29) is 22.4 Å². The normalized spacial score (nSPS) is 11.3. The van der Waals surface area contributed by atoms with Crippen LogP contribution < -0.4 is 0 Å². The largest absolute Gasteiger partial charge is 0.431 e. The summed E-state index contributed by atoms with van der Waals surface area (Å²) in [6, 6.07) is 12.9. The van der Waals surface area contributed by atoms with Gasteiger partial charge in [-0.1, -0.05) is 45.7 Å². The number of hydrogen-bond acceptors (Lipinski definition) is 2. The van der Waals surface area contributed by atoms with Gasteiger partial charge in [0.25, 0.3) is 5.91 Å². The highest BCUT2D eigenvalue weighted by Gasteiger charge is 2.39. The predicted octanol–water partition coefficient (Wildman–Crippen LogP) is 6.46. The van der Waals surface area contributed by atoms with E-state index in [0.29, 0.717) is 20.1 Å². The molecule has 0 aliphatic heterocycles. The average Bonchev–Trinajstić information content (AvgIpc) is 3.04. The van der Waals surface area contributed by atoms with Gasteiger partial charge >= 0.3 is 6.18 Å². The number of hydrogen-bond donors (Lipinski definition) is 0. The number of aryl methyl sites for hydroxylation is 1. The van der Waals surface area contributed by atoms with Crippen LogP contribution in [0.2, 0.25) is 5.02 Å². The van der Waals surface area contributed by atoms with Gasteiger partial charge in [0.1, 0.15) is 11.8 Å². The van der Waals surface area contributed by atoms with Crippen molar-refractivity contribution in [3.8, 4) is 17.3 Å². The van der Waals surface area contributed by atoms with Gasteiger partial charge in [-0.05, 0) is 42.8 Å². The minimum Gasteiger partial charge on any atom is -0.270 e. The van der Waals surface area contributed by atoms with Crippen LogP contribution in [0.15, 0.2) is 53.0 Å². The molecule has 0 amide bonds. The van der Waals surface area contributed by atoms with Crippen LogP contribution in [-0.2, 0) is 6.18 Å². The zero-order valence-electron chi connectivity index (χ0n) is 14.3. The van der Waals surface area contributed by atoms with Crippen molar-refractivity contribution < 1.29 is 18.0 Å². The molecule has 28 heavy (non-hydrogen) atoms. The molecular weight excluding hydrogens is 457 g/mol. The monoisotopic (exact) mass is 466 g/mol. The number of rotatable bonds is 2. The molecule has 1 heterocycles. The van der Waals surface area contributed by atoms with Crippen LogP contribution in [0.4, 0.5) is 13.2 Å². The van der Waals surface area contributed by atoms with Crippen LogP contribution in [0.25, 0.3) is 11.3 Å². The van der Waals surface area contributed by atoms with E-state index in [1.165, 1.54) is 36.4 Å². The predicted molar refractivity (Wildman–Crippen MR) is 103 cm³/mol. The number of nitrogens with zero attached hydrogens (tertiary/aromatic N) is 2. The van der Waals surface area contributed by atoms with E-state index >= 15 is 0 Å². The summed E-state index contributed by atoms with van der Waals surface area (Å²) in [5, 5.41) is 9.77. The molecule has 0 spiro atoms. The van der Waals surface area contributed by atoms with Gasteiger partial charge in [0.05, 0.1) is 11.3 Å². The highest BCUT2D eigenvalue weighted by atomic mass is 79.9. The molecule has 3 aromatic rings. The lowest BCUT2D eigenvalue weighted by Crippen LogP contribution is -2.21. The summed E-state index contributed by atoms with van der Waals surface area (Å²) in [7, 11) is 0. The Balaban J connectivity index is 2.32. The van der Waals surface area contributed by atoms with Crippen molar-refractivity contribution >= 4 is 33.4 Å². The number of alkyl halides is 3. The maximum atomic E-state index is 13.7. The molecule has 0 aliphatic rings. The van der Waals surface area contributed by atoms with Crippen molar-refractivity contribution in [2.24, 2.45) is 0 Å². The molecular formula is C20H11BrClF3N2O. The number of carbonyl (C=O) groups is 1. The van der Waals surface area contributed by atoms with Crippen molar-refractivity contribution in [2.75, 3.05) is 0 Å². The lowest BCUT2D eigenvalue weighted by molar-refractivity contribution is -0.142. The first-order valence-corrected chi connectivity index (χ1v) is 9.10. The molecule has 0 unspecified atom stereocenters. The maximum Gasteiger partial charge on any atom is 0.431 e. The van der Waals surface area contributed by atoms with Crippen molar-refractivity contribution in [1.82, 2.24) is 4.57 Å². The fourth-order valence-electron chi connectivity index (χ4n) is 2.76. The smallest absolute Gasteiger partial charge is 0.270 e. The molecule has 8 heteroatoms. The zero-order valence-corrected chi connectivity index (χ0v) is 16.7.